The molecule has 8 aromatic carbocycles. The molecule has 1 N–H and O–H groups in total. The van der Waals surface area contributed by atoms with Crippen molar-refractivity contribution < 1.29 is 0 Å². The summed E-state index contributed by atoms with van der Waals surface area (Å²) in [6.07, 6.45) is 0. The maximum Gasteiger partial charge on any atom is 0.0714 e. The molecule has 1 aliphatic carbocycles. The van der Waals surface area contributed by atoms with Gasteiger partial charge in [0.15, 0.2) is 0 Å². The van der Waals surface area contributed by atoms with Gasteiger partial charge < -0.3 is 9.55 Å². The van der Waals surface area contributed by atoms with E-state index in [4.69, 9.17) is 0 Å². The van der Waals surface area contributed by atoms with Crippen molar-refractivity contribution in [3.63, 3.8) is 0 Å². The summed E-state index contributed by atoms with van der Waals surface area (Å²) in [5, 5.41) is 5.02. The van der Waals surface area contributed by atoms with Crippen LogP contribution in [0.2, 0.25) is 0 Å². The lowest BCUT2D eigenvalue weighted by molar-refractivity contribution is 0.767. The van der Waals surface area contributed by atoms with Crippen LogP contribution in [0.15, 0.2) is 188 Å². The number of aromatic nitrogens is 2. The van der Waals surface area contributed by atoms with E-state index in [1.54, 1.807) is 0 Å². The third kappa shape index (κ3) is 4.52. The molecule has 0 unspecified atom stereocenters. The van der Waals surface area contributed by atoms with Gasteiger partial charge in [-0.05, 0) is 93.0 Å². The Bertz CT molecular complexity index is 2920. The van der Waals surface area contributed by atoms with Crippen LogP contribution in [-0.4, -0.2) is 9.55 Å². The largest absolute Gasteiger partial charge is 0.355 e. The van der Waals surface area contributed by atoms with E-state index in [2.05, 4.69) is 198 Å². The molecule has 0 bridgehead atoms. The molecule has 0 aliphatic heterocycles. The van der Waals surface area contributed by atoms with Gasteiger partial charge in [-0.15, -0.1) is 0 Å². The molecule has 252 valence electrons. The number of rotatable bonds is 4. The van der Waals surface area contributed by atoms with Crippen LogP contribution >= 0.6 is 0 Å². The zero-order chi connectivity index (χ0) is 35.5. The summed E-state index contributed by atoms with van der Waals surface area (Å²) in [5.74, 6) is 0. The average molecular weight is 679 g/mol. The Balaban J connectivity index is 0.00000172. The highest BCUT2D eigenvalue weighted by atomic mass is 15.0. The molecule has 0 spiro atoms. The van der Waals surface area contributed by atoms with Crippen LogP contribution in [0.25, 0.3) is 71.6 Å². The Morgan fingerprint density at radius 3 is 1.74 bits per heavy atom. The fraction of sp³-hybridized carbons (Fsp3) is 0.0588. The van der Waals surface area contributed by atoms with E-state index in [-0.39, 0.29) is 0 Å². The summed E-state index contributed by atoms with van der Waals surface area (Å²) >= 11 is 0. The van der Waals surface area contributed by atoms with Crippen LogP contribution < -0.4 is 0 Å². The smallest absolute Gasteiger partial charge is 0.0714 e. The molecule has 2 heterocycles. The van der Waals surface area contributed by atoms with Crippen LogP contribution in [0.4, 0.5) is 0 Å². The molecule has 2 aromatic heterocycles. The molecular weight excluding hydrogens is 641 g/mol. The summed E-state index contributed by atoms with van der Waals surface area (Å²) < 4.78 is 2.46. The van der Waals surface area contributed by atoms with Gasteiger partial charge in [0, 0.05) is 38.3 Å². The molecule has 0 amide bonds. The van der Waals surface area contributed by atoms with Gasteiger partial charge in [-0.25, -0.2) is 0 Å². The second-order valence-electron chi connectivity index (χ2n) is 13.8. The maximum atomic E-state index is 3.58. The number of nitrogens with zero attached hydrogens (tertiary/aromatic N) is 1. The zero-order valence-corrected chi connectivity index (χ0v) is 29.8. The Labute approximate surface area is 309 Å². The highest BCUT2D eigenvalue weighted by Gasteiger charge is 2.46. The van der Waals surface area contributed by atoms with Gasteiger partial charge in [-0.1, -0.05) is 153 Å². The summed E-state index contributed by atoms with van der Waals surface area (Å²) in [7, 11) is 0. The molecule has 53 heavy (non-hydrogen) atoms. The van der Waals surface area contributed by atoms with Crippen molar-refractivity contribution in [1.82, 2.24) is 9.55 Å². The number of benzene rings is 8. The molecule has 11 rings (SSSR count). The first-order valence-electron chi connectivity index (χ1n) is 18.7. The van der Waals surface area contributed by atoms with Crippen LogP contribution in [0.3, 0.4) is 0 Å². The third-order valence-corrected chi connectivity index (χ3v) is 11.2. The topological polar surface area (TPSA) is 20.7 Å². The Morgan fingerprint density at radius 1 is 0.396 bits per heavy atom. The lowest BCUT2D eigenvalue weighted by atomic mass is 9.67. The van der Waals surface area contributed by atoms with Crippen LogP contribution in [0, 0.1) is 0 Å². The van der Waals surface area contributed by atoms with Gasteiger partial charge in [0.05, 0.1) is 16.4 Å². The van der Waals surface area contributed by atoms with Crippen molar-refractivity contribution in [1.29, 1.82) is 0 Å². The van der Waals surface area contributed by atoms with E-state index < -0.39 is 5.41 Å². The number of hydrogen-bond donors (Lipinski definition) is 1. The second kappa shape index (κ2) is 12.3. The van der Waals surface area contributed by atoms with Gasteiger partial charge in [0.25, 0.3) is 0 Å². The quantitative estimate of drug-likeness (QED) is 0.191. The van der Waals surface area contributed by atoms with E-state index in [0.29, 0.717) is 0 Å². The van der Waals surface area contributed by atoms with E-state index >= 15 is 0 Å². The summed E-state index contributed by atoms with van der Waals surface area (Å²) in [4.78, 5) is 3.58. The second-order valence-corrected chi connectivity index (χ2v) is 13.8. The SMILES string of the molecule is CC.c1ccc(C2(c3ccccc3)c3ccccc3-c3ccc(-n4c5ccccc5c5cc(-c6ccc7[nH]c8ccccc8c7c6)ccc54)cc32)cc1. The lowest BCUT2D eigenvalue weighted by Gasteiger charge is -2.34. The number of para-hydroxylation sites is 2. The van der Waals surface area contributed by atoms with E-state index in [1.807, 2.05) is 13.8 Å². The van der Waals surface area contributed by atoms with Crippen molar-refractivity contribution in [3.8, 4) is 27.9 Å². The first-order chi connectivity index (χ1) is 26.3. The van der Waals surface area contributed by atoms with Gasteiger partial charge in [-0.3, -0.25) is 0 Å². The number of hydrogen-bond acceptors (Lipinski definition) is 0. The minimum atomic E-state index is -0.447. The Kier molecular flexibility index (Phi) is 7.19. The summed E-state index contributed by atoms with van der Waals surface area (Å²) in [5.41, 5.74) is 15.7. The summed E-state index contributed by atoms with van der Waals surface area (Å²) in [6.45, 7) is 4.00. The zero-order valence-electron chi connectivity index (χ0n) is 29.8. The highest BCUT2D eigenvalue weighted by Crippen LogP contribution is 2.56. The molecule has 0 radical (unpaired) electrons. The van der Waals surface area contributed by atoms with Crippen LogP contribution in [0.1, 0.15) is 36.1 Å². The molecule has 0 fully saturated rings. The summed E-state index contributed by atoms with van der Waals surface area (Å²) in [6, 6.07) is 69.3. The fourth-order valence-electron chi connectivity index (χ4n) is 9.03. The van der Waals surface area contributed by atoms with Crippen molar-refractivity contribution in [3.05, 3.63) is 210 Å². The molecule has 0 atom stereocenters. The number of fused-ring (bicyclic) bond motifs is 9. The molecule has 2 heteroatoms. The first kappa shape index (κ1) is 31.1. The average Bonchev–Trinajstić information content (AvgIpc) is 3.88. The standard InChI is InChI=1S/C49H32N2.C2H6/c1-3-13-34(14-4-1)49(35-15-5-2-6-16-35)43-20-10-7-17-37(43)38-26-25-36(31-44(38)49)51-47-22-12-9-19-40(47)42-30-33(24-28-48(42)51)32-23-27-46-41(29-32)39-18-8-11-21-45(39)50-46;1-2/h1-31,50H;1-2H3. The third-order valence-electron chi connectivity index (χ3n) is 11.2. The predicted molar refractivity (Wildman–Crippen MR) is 224 cm³/mol. The highest BCUT2D eigenvalue weighted by molar-refractivity contribution is 6.12. The predicted octanol–water partition coefficient (Wildman–Crippen LogP) is 13.5. The maximum absolute atomic E-state index is 3.58. The van der Waals surface area contributed by atoms with Gasteiger partial charge >= 0.3 is 0 Å². The minimum absolute atomic E-state index is 0.447. The molecule has 1 aliphatic rings. The van der Waals surface area contributed by atoms with E-state index in [9.17, 15) is 0 Å². The lowest BCUT2D eigenvalue weighted by Crippen LogP contribution is -2.28. The Morgan fingerprint density at radius 2 is 0.962 bits per heavy atom. The number of H-pyrrole nitrogens is 1. The van der Waals surface area contributed by atoms with Gasteiger partial charge in [-0.2, -0.15) is 0 Å². The molecule has 10 aromatic rings. The monoisotopic (exact) mass is 678 g/mol. The van der Waals surface area contributed by atoms with Gasteiger partial charge in [0.1, 0.15) is 0 Å². The Hall–Kier alpha value is -6.64. The molecule has 0 saturated carbocycles. The van der Waals surface area contributed by atoms with Crippen molar-refractivity contribution in [2.24, 2.45) is 0 Å². The van der Waals surface area contributed by atoms with Crippen molar-refractivity contribution in [2.45, 2.75) is 19.3 Å². The van der Waals surface area contributed by atoms with Crippen LogP contribution in [-0.2, 0) is 5.41 Å². The van der Waals surface area contributed by atoms with Crippen LogP contribution in [0.5, 0.6) is 0 Å². The minimum Gasteiger partial charge on any atom is -0.355 e. The van der Waals surface area contributed by atoms with E-state index in [1.165, 1.54) is 88.1 Å². The fourth-order valence-corrected chi connectivity index (χ4v) is 9.03. The number of aromatic amines is 1. The van der Waals surface area contributed by atoms with Gasteiger partial charge in [0.2, 0.25) is 0 Å². The molecule has 2 nitrogen and oxygen atoms in total. The molecule has 0 saturated heterocycles. The van der Waals surface area contributed by atoms with Crippen molar-refractivity contribution >= 4 is 43.6 Å². The number of nitrogens with one attached hydrogen (secondary N) is 1. The normalized spacial score (nSPS) is 12.9. The van der Waals surface area contributed by atoms with E-state index in [0.717, 1.165) is 5.69 Å². The first-order valence-corrected chi connectivity index (χ1v) is 18.7. The van der Waals surface area contributed by atoms with Crippen molar-refractivity contribution in [2.75, 3.05) is 0 Å². The molecular formula is C51H38N2.